The van der Waals surface area contributed by atoms with Gasteiger partial charge in [-0.3, -0.25) is 4.79 Å². The lowest BCUT2D eigenvalue weighted by Crippen LogP contribution is -2.43. The first-order valence-corrected chi connectivity index (χ1v) is 11.3. The molecule has 1 atom stereocenters. The highest BCUT2D eigenvalue weighted by Crippen LogP contribution is 2.49. The zero-order valence-corrected chi connectivity index (χ0v) is 18.5. The summed E-state index contributed by atoms with van der Waals surface area (Å²) in [7, 11) is 3.52. The molecular formula is C24H34N2O4. The lowest BCUT2D eigenvalue weighted by molar-refractivity contribution is -0.137. The Hall–Kier alpha value is -2.08. The summed E-state index contributed by atoms with van der Waals surface area (Å²) in [5, 5.41) is 0. The molecule has 1 aromatic carbocycles. The monoisotopic (exact) mass is 414 g/mol. The predicted octanol–water partition coefficient (Wildman–Crippen LogP) is 3.44. The summed E-state index contributed by atoms with van der Waals surface area (Å²) < 4.78 is 11.1. The molecule has 2 heterocycles. The number of rotatable bonds is 5. The fourth-order valence-electron chi connectivity index (χ4n) is 5.41. The summed E-state index contributed by atoms with van der Waals surface area (Å²) in [5.41, 5.74) is 0.983. The van der Waals surface area contributed by atoms with Gasteiger partial charge in [-0.1, -0.05) is 13.0 Å². The van der Waals surface area contributed by atoms with Crippen LogP contribution in [-0.2, 0) is 15.1 Å². The van der Waals surface area contributed by atoms with Crippen LogP contribution in [0.2, 0.25) is 0 Å². The van der Waals surface area contributed by atoms with Crippen molar-refractivity contribution in [1.29, 1.82) is 0 Å². The largest absolute Gasteiger partial charge is 0.497 e. The van der Waals surface area contributed by atoms with E-state index in [4.69, 9.17) is 9.47 Å². The van der Waals surface area contributed by atoms with E-state index in [-0.39, 0.29) is 17.8 Å². The Balaban J connectivity index is 1.33. The SMILES string of the molecule is COc1ccc2c(c1)C(=O)OC21CCC(C(=O)N(C)CCN2CCC[C@H](C)C2)CC1. The summed E-state index contributed by atoms with van der Waals surface area (Å²) in [5.74, 6) is 1.39. The molecule has 2 fully saturated rings. The summed E-state index contributed by atoms with van der Waals surface area (Å²) in [6.45, 7) is 6.33. The predicted molar refractivity (Wildman–Crippen MR) is 115 cm³/mol. The molecule has 164 valence electrons. The number of nitrogens with zero attached hydrogens (tertiary/aromatic N) is 2. The Labute approximate surface area is 179 Å². The number of likely N-dealkylation sites (N-methyl/N-ethyl adjacent to an activating group) is 1. The van der Waals surface area contributed by atoms with Crippen LogP contribution in [0.5, 0.6) is 5.75 Å². The van der Waals surface area contributed by atoms with Gasteiger partial charge in [0.05, 0.1) is 12.7 Å². The van der Waals surface area contributed by atoms with Crippen molar-refractivity contribution in [3.8, 4) is 5.75 Å². The molecule has 1 aliphatic carbocycles. The standard InChI is InChI=1S/C24H34N2O4/c1-17-5-4-12-26(16-17)14-13-25(2)22(27)18-8-10-24(11-9-18)21-7-6-19(29-3)15-20(21)23(28)30-24/h6-7,15,17-18H,4-5,8-14,16H2,1-3H3/t17-,18?,24?/m0/s1. The molecule has 30 heavy (non-hydrogen) atoms. The maximum atomic E-state index is 13.0. The van der Waals surface area contributed by atoms with Crippen LogP contribution in [-0.4, -0.2) is 62.0 Å². The number of fused-ring (bicyclic) bond motifs is 2. The van der Waals surface area contributed by atoms with Crippen molar-refractivity contribution in [3.05, 3.63) is 29.3 Å². The van der Waals surface area contributed by atoms with Gasteiger partial charge in [0.2, 0.25) is 5.91 Å². The zero-order chi connectivity index (χ0) is 21.3. The number of piperidine rings is 1. The smallest absolute Gasteiger partial charge is 0.339 e. The van der Waals surface area contributed by atoms with Gasteiger partial charge in [-0.25, -0.2) is 4.79 Å². The van der Waals surface area contributed by atoms with E-state index in [9.17, 15) is 9.59 Å². The van der Waals surface area contributed by atoms with Crippen LogP contribution in [0.3, 0.4) is 0 Å². The van der Waals surface area contributed by atoms with Gasteiger partial charge in [0.1, 0.15) is 11.4 Å². The Bertz CT molecular complexity index is 800. The number of esters is 1. The van der Waals surface area contributed by atoms with Crippen LogP contribution in [0.4, 0.5) is 0 Å². The van der Waals surface area contributed by atoms with Crippen LogP contribution >= 0.6 is 0 Å². The third-order valence-electron chi connectivity index (χ3n) is 7.24. The third kappa shape index (κ3) is 4.07. The highest BCUT2D eigenvalue weighted by atomic mass is 16.6. The molecule has 0 N–H and O–H groups in total. The van der Waals surface area contributed by atoms with E-state index in [0.717, 1.165) is 50.5 Å². The lowest BCUT2D eigenvalue weighted by atomic mass is 9.74. The molecule has 1 spiro atoms. The normalized spacial score (nSPS) is 28.8. The molecule has 0 aromatic heterocycles. The van der Waals surface area contributed by atoms with Gasteiger partial charge in [0, 0.05) is 38.2 Å². The van der Waals surface area contributed by atoms with Gasteiger partial charge < -0.3 is 19.3 Å². The van der Waals surface area contributed by atoms with E-state index < -0.39 is 5.60 Å². The minimum absolute atomic E-state index is 0.0157. The molecule has 4 rings (SSSR count). The molecule has 6 heteroatoms. The first-order chi connectivity index (χ1) is 14.4. The number of carbonyl (C=O) groups is 2. The van der Waals surface area contributed by atoms with Gasteiger partial charge in [0.15, 0.2) is 0 Å². The van der Waals surface area contributed by atoms with Crippen molar-refractivity contribution in [2.45, 2.75) is 51.0 Å². The Morgan fingerprint density at radius 3 is 2.77 bits per heavy atom. The van der Waals surface area contributed by atoms with Crippen molar-refractivity contribution in [2.75, 3.05) is 40.3 Å². The Morgan fingerprint density at radius 1 is 1.30 bits per heavy atom. The Kier molecular flexibility index (Phi) is 6.05. The zero-order valence-electron chi connectivity index (χ0n) is 18.5. The van der Waals surface area contributed by atoms with E-state index >= 15 is 0 Å². The summed E-state index contributed by atoms with van der Waals surface area (Å²) in [6.07, 6.45) is 5.48. The molecule has 6 nitrogen and oxygen atoms in total. The second-order valence-corrected chi connectivity index (χ2v) is 9.38. The van der Waals surface area contributed by atoms with E-state index in [2.05, 4.69) is 11.8 Å². The van der Waals surface area contributed by atoms with Crippen molar-refractivity contribution >= 4 is 11.9 Å². The number of methoxy groups -OCH3 is 1. The number of likely N-dealkylation sites (tertiary alicyclic amines) is 1. The van der Waals surface area contributed by atoms with Gasteiger partial charge >= 0.3 is 5.97 Å². The molecule has 1 saturated carbocycles. The van der Waals surface area contributed by atoms with Crippen LogP contribution in [0.1, 0.15) is 61.4 Å². The number of benzene rings is 1. The topological polar surface area (TPSA) is 59.1 Å². The van der Waals surface area contributed by atoms with Gasteiger partial charge in [-0.15, -0.1) is 0 Å². The van der Waals surface area contributed by atoms with Crippen LogP contribution in [0.25, 0.3) is 0 Å². The van der Waals surface area contributed by atoms with Crippen LogP contribution in [0.15, 0.2) is 18.2 Å². The molecule has 0 radical (unpaired) electrons. The molecule has 0 unspecified atom stereocenters. The first-order valence-electron chi connectivity index (χ1n) is 11.3. The van der Waals surface area contributed by atoms with Crippen LogP contribution < -0.4 is 4.74 Å². The maximum Gasteiger partial charge on any atom is 0.339 e. The minimum atomic E-state index is -0.571. The second-order valence-electron chi connectivity index (χ2n) is 9.38. The molecule has 1 amide bonds. The lowest BCUT2D eigenvalue weighted by Gasteiger charge is -2.37. The summed E-state index contributed by atoms with van der Waals surface area (Å²) in [6, 6.07) is 5.60. The van der Waals surface area contributed by atoms with Crippen LogP contribution in [0, 0.1) is 11.8 Å². The molecule has 1 saturated heterocycles. The highest BCUT2D eigenvalue weighted by Gasteiger charge is 2.48. The first kappa shape index (κ1) is 21.2. The Morgan fingerprint density at radius 2 is 2.07 bits per heavy atom. The van der Waals surface area contributed by atoms with Crippen molar-refractivity contribution in [3.63, 3.8) is 0 Å². The minimum Gasteiger partial charge on any atom is -0.497 e. The molecular weight excluding hydrogens is 380 g/mol. The van der Waals surface area contributed by atoms with Gasteiger partial charge in [-0.05, 0) is 63.1 Å². The maximum absolute atomic E-state index is 13.0. The highest BCUT2D eigenvalue weighted by molar-refractivity contribution is 5.95. The van der Waals surface area contributed by atoms with E-state index in [0.29, 0.717) is 24.2 Å². The van der Waals surface area contributed by atoms with E-state index in [1.54, 1.807) is 13.2 Å². The number of carbonyl (C=O) groups excluding carboxylic acids is 2. The summed E-state index contributed by atoms with van der Waals surface area (Å²) in [4.78, 5) is 29.8. The number of amides is 1. The fourth-order valence-corrected chi connectivity index (χ4v) is 5.41. The number of hydrogen-bond acceptors (Lipinski definition) is 5. The molecule has 2 aliphatic heterocycles. The summed E-state index contributed by atoms with van der Waals surface area (Å²) >= 11 is 0. The van der Waals surface area contributed by atoms with Gasteiger partial charge in [-0.2, -0.15) is 0 Å². The second kappa shape index (κ2) is 8.58. The van der Waals surface area contributed by atoms with Gasteiger partial charge in [0.25, 0.3) is 0 Å². The average Bonchev–Trinajstić information content (AvgIpc) is 3.02. The third-order valence-corrected chi connectivity index (χ3v) is 7.24. The quantitative estimate of drug-likeness (QED) is 0.691. The fraction of sp³-hybridized carbons (Fsp3) is 0.667. The van der Waals surface area contributed by atoms with Crippen molar-refractivity contribution in [2.24, 2.45) is 11.8 Å². The van der Waals surface area contributed by atoms with Crippen molar-refractivity contribution in [1.82, 2.24) is 9.80 Å². The number of ether oxygens (including phenoxy) is 2. The van der Waals surface area contributed by atoms with E-state index in [1.807, 2.05) is 24.1 Å². The molecule has 3 aliphatic rings. The number of hydrogen-bond donors (Lipinski definition) is 0. The van der Waals surface area contributed by atoms with E-state index in [1.165, 1.54) is 12.8 Å². The molecule has 1 aromatic rings. The van der Waals surface area contributed by atoms with Crippen molar-refractivity contribution < 1.29 is 19.1 Å². The average molecular weight is 415 g/mol. The molecule has 0 bridgehead atoms.